The molecule has 0 spiro atoms. The number of hydrogen-bond donors (Lipinski definition) is 2. The van der Waals surface area contributed by atoms with Crippen molar-refractivity contribution in [3.05, 3.63) is 48.0 Å². The molecule has 1 heterocycles. The van der Waals surface area contributed by atoms with Gasteiger partial charge >= 0.3 is 6.03 Å². The van der Waals surface area contributed by atoms with Gasteiger partial charge in [-0.15, -0.1) is 0 Å². The van der Waals surface area contributed by atoms with E-state index in [1.54, 1.807) is 0 Å². The van der Waals surface area contributed by atoms with Crippen molar-refractivity contribution in [2.24, 2.45) is 0 Å². The van der Waals surface area contributed by atoms with Crippen LogP contribution in [0.5, 0.6) is 0 Å². The summed E-state index contributed by atoms with van der Waals surface area (Å²) < 4.78 is 5.78. The molecule has 2 aromatic carbocycles. The normalized spacial score (nSPS) is 10.6. The molecular formula is C17H17N3O2. The fraction of sp³-hybridized carbons (Fsp3) is 0.176. The molecule has 0 saturated carbocycles. The number of fused-ring (bicyclic) bond motifs is 1. The number of amides is 2. The lowest BCUT2D eigenvalue weighted by molar-refractivity contribution is 0.252. The molecule has 5 nitrogen and oxygen atoms in total. The Bertz CT molecular complexity index is 806. The van der Waals surface area contributed by atoms with Crippen LogP contribution < -0.4 is 10.6 Å². The minimum Gasteiger partial charge on any atom is -0.436 e. The van der Waals surface area contributed by atoms with Crippen LogP contribution in [0, 0.1) is 6.92 Å². The van der Waals surface area contributed by atoms with E-state index in [0.29, 0.717) is 12.4 Å². The van der Waals surface area contributed by atoms with Gasteiger partial charge in [0, 0.05) is 17.8 Å². The highest BCUT2D eigenvalue weighted by atomic mass is 16.3. The average molecular weight is 295 g/mol. The number of carbonyl (C=O) groups excluding carboxylic acids is 1. The highest BCUT2D eigenvalue weighted by Crippen LogP contribution is 2.25. The zero-order valence-electron chi connectivity index (χ0n) is 12.5. The fourth-order valence-corrected chi connectivity index (χ4v) is 2.19. The molecule has 5 heteroatoms. The summed E-state index contributed by atoms with van der Waals surface area (Å²) in [5.41, 5.74) is 4.35. The predicted molar refractivity (Wildman–Crippen MR) is 86.9 cm³/mol. The molecule has 0 atom stereocenters. The maximum absolute atomic E-state index is 11.5. The monoisotopic (exact) mass is 295 g/mol. The van der Waals surface area contributed by atoms with Crippen LogP contribution in [0.2, 0.25) is 0 Å². The first-order valence-electron chi connectivity index (χ1n) is 7.18. The van der Waals surface area contributed by atoms with Gasteiger partial charge in [-0.1, -0.05) is 6.07 Å². The van der Waals surface area contributed by atoms with Gasteiger partial charge in [-0.05, 0) is 55.8 Å². The molecule has 1 aromatic heterocycles. The van der Waals surface area contributed by atoms with E-state index in [1.807, 2.05) is 56.3 Å². The smallest absolute Gasteiger partial charge is 0.319 e. The molecule has 0 aliphatic rings. The second-order valence-corrected chi connectivity index (χ2v) is 5.05. The molecule has 112 valence electrons. The lowest BCUT2D eigenvalue weighted by Crippen LogP contribution is -2.28. The van der Waals surface area contributed by atoms with E-state index in [-0.39, 0.29) is 6.03 Å². The van der Waals surface area contributed by atoms with E-state index in [4.69, 9.17) is 4.42 Å². The van der Waals surface area contributed by atoms with Crippen molar-refractivity contribution in [2.45, 2.75) is 13.8 Å². The maximum Gasteiger partial charge on any atom is 0.319 e. The van der Waals surface area contributed by atoms with Crippen LogP contribution in [0.25, 0.3) is 22.6 Å². The van der Waals surface area contributed by atoms with Crippen LogP contribution in [0.3, 0.4) is 0 Å². The third-order valence-electron chi connectivity index (χ3n) is 3.27. The van der Waals surface area contributed by atoms with Crippen LogP contribution in [0.15, 0.2) is 46.9 Å². The number of aryl methyl sites for hydroxylation is 1. The Morgan fingerprint density at radius 3 is 2.68 bits per heavy atom. The molecule has 0 aliphatic carbocycles. The summed E-state index contributed by atoms with van der Waals surface area (Å²) in [7, 11) is 0. The first kappa shape index (κ1) is 14.1. The van der Waals surface area contributed by atoms with E-state index in [0.717, 1.165) is 27.9 Å². The van der Waals surface area contributed by atoms with Crippen LogP contribution in [-0.4, -0.2) is 17.6 Å². The molecule has 0 fully saturated rings. The second kappa shape index (κ2) is 5.89. The number of nitrogens with zero attached hydrogens (tertiary/aromatic N) is 1. The zero-order valence-corrected chi connectivity index (χ0v) is 12.5. The van der Waals surface area contributed by atoms with Crippen molar-refractivity contribution in [1.29, 1.82) is 0 Å². The molecule has 3 aromatic rings. The number of rotatable bonds is 3. The Kier molecular flexibility index (Phi) is 3.78. The SMILES string of the molecule is CCNC(=O)Nc1ccc(-c2nc3ccc(C)cc3o2)cc1. The molecule has 0 unspecified atom stereocenters. The Morgan fingerprint density at radius 2 is 1.95 bits per heavy atom. The summed E-state index contributed by atoms with van der Waals surface area (Å²) in [6, 6.07) is 13.1. The number of nitrogens with one attached hydrogen (secondary N) is 2. The standard InChI is InChI=1S/C17H17N3O2/c1-3-18-17(21)19-13-7-5-12(6-8-13)16-20-14-9-4-11(2)10-15(14)22-16/h4-10H,3H2,1-2H3,(H2,18,19,21). The van der Waals surface area contributed by atoms with E-state index in [2.05, 4.69) is 15.6 Å². The number of carbonyl (C=O) groups is 1. The van der Waals surface area contributed by atoms with Crippen molar-refractivity contribution in [2.75, 3.05) is 11.9 Å². The van der Waals surface area contributed by atoms with Crippen molar-refractivity contribution in [3.63, 3.8) is 0 Å². The largest absolute Gasteiger partial charge is 0.436 e. The van der Waals surface area contributed by atoms with Gasteiger partial charge in [0.25, 0.3) is 0 Å². The first-order valence-corrected chi connectivity index (χ1v) is 7.18. The Morgan fingerprint density at radius 1 is 1.18 bits per heavy atom. The summed E-state index contributed by atoms with van der Waals surface area (Å²) >= 11 is 0. The Hall–Kier alpha value is -2.82. The van der Waals surface area contributed by atoms with Crippen LogP contribution in [0.1, 0.15) is 12.5 Å². The highest BCUT2D eigenvalue weighted by molar-refractivity contribution is 5.89. The molecule has 22 heavy (non-hydrogen) atoms. The second-order valence-electron chi connectivity index (χ2n) is 5.05. The maximum atomic E-state index is 11.5. The average Bonchev–Trinajstić information content (AvgIpc) is 2.91. The molecule has 0 bridgehead atoms. The van der Waals surface area contributed by atoms with Gasteiger partial charge in [-0.25, -0.2) is 9.78 Å². The molecule has 2 N–H and O–H groups in total. The van der Waals surface area contributed by atoms with Crippen LogP contribution in [-0.2, 0) is 0 Å². The van der Waals surface area contributed by atoms with E-state index >= 15 is 0 Å². The van der Waals surface area contributed by atoms with E-state index < -0.39 is 0 Å². The van der Waals surface area contributed by atoms with Gasteiger partial charge in [0.2, 0.25) is 5.89 Å². The highest BCUT2D eigenvalue weighted by Gasteiger charge is 2.08. The van der Waals surface area contributed by atoms with Gasteiger partial charge in [0.05, 0.1) is 0 Å². The number of aromatic nitrogens is 1. The van der Waals surface area contributed by atoms with Gasteiger partial charge in [0.15, 0.2) is 5.58 Å². The van der Waals surface area contributed by atoms with Crippen molar-refractivity contribution in [3.8, 4) is 11.5 Å². The van der Waals surface area contributed by atoms with Crippen molar-refractivity contribution < 1.29 is 9.21 Å². The van der Waals surface area contributed by atoms with Crippen molar-refractivity contribution >= 4 is 22.8 Å². The lowest BCUT2D eigenvalue weighted by atomic mass is 10.2. The lowest BCUT2D eigenvalue weighted by Gasteiger charge is -2.05. The molecular weight excluding hydrogens is 278 g/mol. The fourth-order valence-electron chi connectivity index (χ4n) is 2.19. The summed E-state index contributed by atoms with van der Waals surface area (Å²) in [6.45, 7) is 4.48. The van der Waals surface area contributed by atoms with Gasteiger partial charge in [0.1, 0.15) is 5.52 Å². The first-order chi connectivity index (χ1) is 10.7. The molecule has 0 radical (unpaired) electrons. The summed E-state index contributed by atoms with van der Waals surface area (Å²) in [5.74, 6) is 0.574. The Labute approximate surface area is 128 Å². The molecule has 0 aliphatic heterocycles. The minimum absolute atomic E-state index is 0.215. The third-order valence-corrected chi connectivity index (χ3v) is 3.27. The molecule has 0 saturated heterocycles. The number of benzene rings is 2. The minimum atomic E-state index is -0.215. The Balaban J connectivity index is 1.83. The summed E-state index contributed by atoms with van der Waals surface area (Å²) in [5, 5.41) is 5.44. The quantitative estimate of drug-likeness (QED) is 0.769. The van der Waals surface area contributed by atoms with E-state index in [1.165, 1.54) is 0 Å². The zero-order chi connectivity index (χ0) is 15.5. The number of hydrogen-bond acceptors (Lipinski definition) is 3. The van der Waals surface area contributed by atoms with Gasteiger partial charge in [-0.2, -0.15) is 0 Å². The number of oxazole rings is 1. The summed E-state index contributed by atoms with van der Waals surface area (Å²) in [6.07, 6.45) is 0. The molecule has 3 rings (SSSR count). The summed E-state index contributed by atoms with van der Waals surface area (Å²) in [4.78, 5) is 15.9. The molecule has 2 amide bonds. The number of anilines is 1. The van der Waals surface area contributed by atoms with E-state index in [9.17, 15) is 4.79 Å². The number of urea groups is 1. The van der Waals surface area contributed by atoms with Gasteiger partial charge < -0.3 is 15.1 Å². The van der Waals surface area contributed by atoms with Crippen LogP contribution >= 0.6 is 0 Å². The van der Waals surface area contributed by atoms with Crippen LogP contribution in [0.4, 0.5) is 10.5 Å². The predicted octanol–water partition coefficient (Wildman–Crippen LogP) is 3.94. The van der Waals surface area contributed by atoms with Gasteiger partial charge in [-0.3, -0.25) is 0 Å². The van der Waals surface area contributed by atoms with Crippen molar-refractivity contribution in [1.82, 2.24) is 10.3 Å². The third kappa shape index (κ3) is 2.93. The topological polar surface area (TPSA) is 67.2 Å².